The van der Waals surface area contributed by atoms with Crippen molar-refractivity contribution in [1.29, 1.82) is 0 Å². The first-order chi connectivity index (χ1) is 8.72. The molecule has 0 aliphatic carbocycles. The maximum Gasteiger partial charge on any atom is 0.139 e. The number of anilines is 1. The summed E-state index contributed by atoms with van der Waals surface area (Å²) in [6.45, 7) is 3.74. The SMILES string of the molecule is CCN(CCC(N)=S)c1ncnc2ccccc12. The molecule has 4 nitrogen and oxygen atoms in total. The predicted octanol–water partition coefficient (Wildman–Crippen LogP) is 2.13. The van der Waals surface area contributed by atoms with E-state index in [2.05, 4.69) is 21.8 Å². The molecule has 0 saturated heterocycles. The molecule has 0 amide bonds. The second-order valence-electron chi connectivity index (χ2n) is 4.01. The molecule has 2 aromatic rings. The molecule has 94 valence electrons. The van der Waals surface area contributed by atoms with Crippen molar-refractivity contribution in [2.24, 2.45) is 5.73 Å². The number of nitrogens with zero attached hydrogens (tertiary/aromatic N) is 3. The summed E-state index contributed by atoms with van der Waals surface area (Å²) >= 11 is 4.93. The predicted molar refractivity (Wildman–Crippen MR) is 78.8 cm³/mol. The largest absolute Gasteiger partial charge is 0.393 e. The van der Waals surface area contributed by atoms with Gasteiger partial charge in [0.25, 0.3) is 0 Å². The summed E-state index contributed by atoms with van der Waals surface area (Å²) in [7, 11) is 0. The second kappa shape index (κ2) is 5.73. The maximum absolute atomic E-state index is 5.56. The molecule has 0 saturated carbocycles. The van der Waals surface area contributed by atoms with Gasteiger partial charge in [-0.25, -0.2) is 9.97 Å². The van der Waals surface area contributed by atoms with Crippen molar-refractivity contribution >= 4 is 33.9 Å². The molecule has 0 aliphatic heterocycles. The Morgan fingerprint density at radius 2 is 2.11 bits per heavy atom. The molecule has 1 aromatic carbocycles. The zero-order chi connectivity index (χ0) is 13.0. The molecule has 0 radical (unpaired) electrons. The molecule has 2 N–H and O–H groups in total. The summed E-state index contributed by atoms with van der Waals surface area (Å²) in [6.07, 6.45) is 2.29. The molecule has 0 bridgehead atoms. The van der Waals surface area contributed by atoms with Crippen LogP contribution >= 0.6 is 12.2 Å². The summed E-state index contributed by atoms with van der Waals surface area (Å²) in [4.78, 5) is 11.4. The van der Waals surface area contributed by atoms with Crippen molar-refractivity contribution in [3.63, 3.8) is 0 Å². The number of rotatable bonds is 5. The lowest BCUT2D eigenvalue weighted by Gasteiger charge is -2.22. The highest BCUT2D eigenvalue weighted by Crippen LogP contribution is 2.22. The van der Waals surface area contributed by atoms with E-state index < -0.39 is 0 Å². The van der Waals surface area contributed by atoms with Crippen molar-refractivity contribution in [3.05, 3.63) is 30.6 Å². The average molecular weight is 260 g/mol. The maximum atomic E-state index is 5.56. The van der Waals surface area contributed by atoms with Gasteiger partial charge >= 0.3 is 0 Å². The molecule has 1 heterocycles. The number of thiocarbonyl (C=S) groups is 1. The molecule has 0 aliphatic rings. The van der Waals surface area contributed by atoms with Crippen LogP contribution in [0.3, 0.4) is 0 Å². The van der Waals surface area contributed by atoms with Crippen molar-refractivity contribution in [2.75, 3.05) is 18.0 Å². The lowest BCUT2D eigenvalue weighted by Crippen LogP contribution is -2.28. The number of hydrogen-bond donors (Lipinski definition) is 1. The van der Waals surface area contributed by atoms with Crippen LogP contribution in [-0.2, 0) is 0 Å². The van der Waals surface area contributed by atoms with Crippen LogP contribution in [-0.4, -0.2) is 28.0 Å². The number of nitrogens with two attached hydrogens (primary N) is 1. The molecule has 18 heavy (non-hydrogen) atoms. The summed E-state index contributed by atoms with van der Waals surface area (Å²) in [5.74, 6) is 0.944. The molecule has 5 heteroatoms. The smallest absolute Gasteiger partial charge is 0.139 e. The third kappa shape index (κ3) is 2.73. The molecule has 0 spiro atoms. The summed E-state index contributed by atoms with van der Waals surface area (Å²) < 4.78 is 0. The van der Waals surface area contributed by atoms with E-state index in [0.717, 1.165) is 29.8 Å². The standard InChI is InChI=1S/C13H16N4S/c1-2-17(8-7-12(14)18)13-10-5-3-4-6-11(10)15-9-16-13/h3-6,9H,2,7-8H2,1H3,(H2,14,18). The van der Waals surface area contributed by atoms with E-state index in [1.54, 1.807) is 6.33 Å². The first kappa shape index (κ1) is 12.7. The number of para-hydroxylation sites is 1. The van der Waals surface area contributed by atoms with Crippen LogP contribution in [0.4, 0.5) is 5.82 Å². The summed E-state index contributed by atoms with van der Waals surface area (Å²) in [5.41, 5.74) is 6.51. The van der Waals surface area contributed by atoms with Crippen LogP contribution in [0.1, 0.15) is 13.3 Å². The van der Waals surface area contributed by atoms with Crippen LogP contribution < -0.4 is 10.6 Å². The number of fused-ring (bicyclic) bond motifs is 1. The Morgan fingerprint density at radius 1 is 1.33 bits per heavy atom. The van der Waals surface area contributed by atoms with Gasteiger partial charge in [-0.1, -0.05) is 24.4 Å². The van der Waals surface area contributed by atoms with E-state index >= 15 is 0 Å². The highest BCUT2D eigenvalue weighted by Gasteiger charge is 2.10. The first-order valence-corrected chi connectivity index (χ1v) is 6.36. The van der Waals surface area contributed by atoms with E-state index in [1.807, 2.05) is 24.3 Å². The minimum atomic E-state index is 0.534. The van der Waals surface area contributed by atoms with Crippen LogP contribution in [0, 0.1) is 0 Å². The van der Waals surface area contributed by atoms with E-state index in [1.165, 1.54) is 0 Å². The Morgan fingerprint density at radius 3 is 2.83 bits per heavy atom. The minimum absolute atomic E-state index is 0.534. The quantitative estimate of drug-likeness (QED) is 0.835. The normalized spacial score (nSPS) is 10.5. The zero-order valence-corrected chi connectivity index (χ0v) is 11.2. The van der Waals surface area contributed by atoms with Crippen LogP contribution in [0.15, 0.2) is 30.6 Å². The fourth-order valence-electron chi connectivity index (χ4n) is 1.90. The monoisotopic (exact) mass is 260 g/mol. The first-order valence-electron chi connectivity index (χ1n) is 5.95. The number of hydrogen-bond acceptors (Lipinski definition) is 4. The van der Waals surface area contributed by atoms with Crippen LogP contribution in [0.25, 0.3) is 10.9 Å². The van der Waals surface area contributed by atoms with Crippen molar-refractivity contribution in [2.45, 2.75) is 13.3 Å². The Bertz CT molecular complexity index is 550. The van der Waals surface area contributed by atoms with Gasteiger partial charge in [-0.2, -0.15) is 0 Å². The third-order valence-corrected chi connectivity index (χ3v) is 3.04. The van der Waals surface area contributed by atoms with Crippen molar-refractivity contribution in [3.8, 4) is 0 Å². The van der Waals surface area contributed by atoms with Gasteiger partial charge in [0.15, 0.2) is 0 Å². The van der Waals surface area contributed by atoms with Gasteiger partial charge in [0.1, 0.15) is 12.1 Å². The Hall–Kier alpha value is -1.75. The molecular weight excluding hydrogens is 244 g/mol. The Kier molecular flexibility index (Phi) is 4.04. The van der Waals surface area contributed by atoms with Gasteiger partial charge < -0.3 is 10.6 Å². The van der Waals surface area contributed by atoms with Crippen LogP contribution in [0.2, 0.25) is 0 Å². The van der Waals surface area contributed by atoms with E-state index in [0.29, 0.717) is 11.4 Å². The van der Waals surface area contributed by atoms with Gasteiger partial charge in [-0.05, 0) is 19.1 Å². The number of aromatic nitrogens is 2. The molecule has 0 atom stereocenters. The molecule has 0 unspecified atom stereocenters. The fourth-order valence-corrected chi connectivity index (χ4v) is 1.99. The fraction of sp³-hybridized carbons (Fsp3) is 0.308. The highest BCUT2D eigenvalue weighted by atomic mass is 32.1. The summed E-state index contributed by atoms with van der Waals surface area (Å²) in [6, 6.07) is 8.00. The molecule has 2 rings (SSSR count). The van der Waals surface area contributed by atoms with Crippen molar-refractivity contribution < 1.29 is 0 Å². The van der Waals surface area contributed by atoms with E-state index in [-0.39, 0.29) is 0 Å². The second-order valence-corrected chi connectivity index (χ2v) is 4.53. The van der Waals surface area contributed by atoms with Gasteiger partial charge in [0, 0.05) is 24.9 Å². The lowest BCUT2D eigenvalue weighted by molar-refractivity contribution is 0.822. The third-order valence-electron chi connectivity index (χ3n) is 2.83. The van der Waals surface area contributed by atoms with Gasteiger partial charge in [-0.15, -0.1) is 0 Å². The Balaban J connectivity index is 2.35. The topological polar surface area (TPSA) is 55.0 Å². The molecule has 0 fully saturated rings. The van der Waals surface area contributed by atoms with E-state index in [4.69, 9.17) is 18.0 Å². The highest BCUT2D eigenvalue weighted by molar-refractivity contribution is 7.80. The van der Waals surface area contributed by atoms with Crippen molar-refractivity contribution in [1.82, 2.24) is 9.97 Å². The minimum Gasteiger partial charge on any atom is -0.393 e. The molecule has 1 aromatic heterocycles. The number of benzene rings is 1. The average Bonchev–Trinajstić information content (AvgIpc) is 2.39. The van der Waals surface area contributed by atoms with Crippen LogP contribution in [0.5, 0.6) is 0 Å². The Labute approximate surface area is 112 Å². The van der Waals surface area contributed by atoms with Gasteiger partial charge in [0.05, 0.1) is 10.5 Å². The van der Waals surface area contributed by atoms with Gasteiger partial charge in [-0.3, -0.25) is 0 Å². The van der Waals surface area contributed by atoms with E-state index in [9.17, 15) is 0 Å². The summed E-state index contributed by atoms with van der Waals surface area (Å²) in [5, 5.41) is 1.06. The zero-order valence-electron chi connectivity index (χ0n) is 10.3. The van der Waals surface area contributed by atoms with Gasteiger partial charge in [0.2, 0.25) is 0 Å². The molecular formula is C13H16N4S. The lowest BCUT2D eigenvalue weighted by atomic mass is 10.2.